The van der Waals surface area contributed by atoms with Crippen LogP contribution in [0.1, 0.15) is 25.7 Å². The molecule has 0 amide bonds. The Labute approximate surface area is 91.1 Å². The van der Waals surface area contributed by atoms with Crippen LogP contribution < -0.4 is 10.6 Å². The molecule has 15 heavy (non-hydrogen) atoms. The normalized spacial score (nSPS) is 26.6. The summed E-state index contributed by atoms with van der Waals surface area (Å²) in [6, 6.07) is 0.736. The third-order valence-electron chi connectivity index (χ3n) is 3.39. The Bertz CT molecular complexity index is 320. The van der Waals surface area contributed by atoms with Crippen LogP contribution in [0.25, 0.3) is 0 Å². The van der Waals surface area contributed by atoms with Crippen molar-refractivity contribution in [2.75, 3.05) is 11.9 Å². The van der Waals surface area contributed by atoms with Crippen molar-refractivity contribution in [2.45, 2.75) is 37.8 Å². The van der Waals surface area contributed by atoms with E-state index in [9.17, 15) is 0 Å². The highest BCUT2D eigenvalue weighted by Gasteiger charge is 2.27. The quantitative estimate of drug-likeness (QED) is 0.792. The molecule has 1 heterocycles. The van der Waals surface area contributed by atoms with Crippen molar-refractivity contribution in [3.63, 3.8) is 0 Å². The highest BCUT2D eigenvalue weighted by atomic mass is 15.3. The molecule has 4 nitrogen and oxygen atoms in total. The Balaban J connectivity index is 2.13. The molecule has 0 spiro atoms. The van der Waals surface area contributed by atoms with Gasteiger partial charge in [0.25, 0.3) is 0 Å². The van der Waals surface area contributed by atoms with E-state index >= 15 is 0 Å². The molecule has 1 aromatic heterocycles. The second-order valence-electron chi connectivity index (χ2n) is 4.46. The van der Waals surface area contributed by atoms with Crippen LogP contribution in [0.4, 0.5) is 5.95 Å². The fourth-order valence-corrected chi connectivity index (χ4v) is 2.47. The summed E-state index contributed by atoms with van der Waals surface area (Å²) in [6.07, 6.45) is 8.68. The van der Waals surface area contributed by atoms with E-state index in [1.807, 2.05) is 24.0 Å². The summed E-state index contributed by atoms with van der Waals surface area (Å²) in [5, 5.41) is 0. The van der Waals surface area contributed by atoms with E-state index in [0.717, 1.165) is 12.4 Å². The van der Waals surface area contributed by atoms with Crippen LogP contribution in [-0.4, -0.2) is 28.7 Å². The maximum atomic E-state index is 6.16. The molecule has 0 radical (unpaired) electrons. The first-order chi connectivity index (χ1) is 7.20. The second kappa shape index (κ2) is 4.23. The zero-order chi connectivity index (χ0) is 10.8. The molecule has 84 valence electrons. The lowest BCUT2D eigenvalue weighted by Gasteiger charge is -2.36. The van der Waals surface area contributed by atoms with E-state index in [0.29, 0.717) is 12.1 Å². The van der Waals surface area contributed by atoms with Gasteiger partial charge in [-0.2, -0.15) is 0 Å². The van der Waals surface area contributed by atoms with Gasteiger partial charge in [-0.15, -0.1) is 0 Å². The molecule has 0 saturated heterocycles. The van der Waals surface area contributed by atoms with Crippen molar-refractivity contribution in [2.24, 2.45) is 12.8 Å². The number of nitrogens with two attached hydrogens (primary N) is 1. The SMILES string of the molecule is CN(c1nccn1C)C1CCCCC1N. The van der Waals surface area contributed by atoms with Gasteiger partial charge in [0.2, 0.25) is 5.95 Å². The minimum absolute atomic E-state index is 0.292. The standard InChI is InChI=1S/C11H20N4/c1-14-8-7-13-11(14)15(2)10-6-4-3-5-9(10)12/h7-10H,3-6,12H2,1-2H3. The molecule has 1 aromatic rings. The number of hydrogen-bond acceptors (Lipinski definition) is 3. The second-order valence-corrected chi connectivity index (χ2v) is 4.46. The Kier molecular flexibility index (Phi) is 2.95. The average Bonchev–Trinajstić information content (AvgIpc) is 2.64. The zero-order valence-electron chi connectivity index (χ0n) is 9.56. The first-order valence-corrected chi connectivity index (χ1v) is 5.66. The molecule has 1 saturated carbocycles. The van der Waals surface area contributed by atoms with Gasteiger partial charge in [0.05, 0.1) is 0 Å². The van der Waals surface area contributed by atoms with Gasteiger partial charge >= 0.3 is 0 Å². The predicted octanol–water partition coefficient (Wildman–Crippen LogP) is 1.13. The number of imidazole rings is 1. The molecule has 0 bridgehead atoms. The van der Waals surface area contributed by atoms with Crippen molar-refractivity contribution < 1.29 is 0 Å². The third-order valence-corrected chi connectivity index (χ3v) is 3.39. The summed E-state index contributed by atoms with van der Waals surface area (Å²) >= 11 is 0. The van der Waals surface area contributed by atoms with E-state index in [1.165, 1.54) is 19.3 Å². The van der Waals surface area contributed by atoms with Crippen molar-refractivity contribution in [3.05, 3.63) is 12.4 Å². The molecule has 2 rings (SSSR count). The van der Waals surface area contributed by atoms with Crippen LogP contribution in [-0.2, 0) is 7.05 Å². The van der Waals surface area contributed by atoms with E-state index in [1.54, 1.807) is 0 Å². The highest BCUT2D eigenvalue weighted by Crippen LogP contribution is 2.24. The molecule has 0 aromatic carbocycles. The van der Waals surface area contributed by atoms with Gasteiger partial charge in [-0.1, -0.05) is 12.8 Å². The van der Waals surface area contributed by atoms with Crippen LogP contribution >= 0.6 is 0 Å². The molecule has 1 fully saturated rings. The summed E-state index contributed by atoms with van der Waals surface area (Å²) in [4.78, 5) is 6.58. The van der Waals surface area contributed by atoms with Gasteiger partial charge in [0.1, 0.15) is 0 Å². The average molecular weight is 208 g/mol. The fourth-order valence-electron chi connectivity index (χ4n) is 2.47. The third kappa shape index (κ3) is 2.00. The zero-order valence-corrected chi connectivity index (χ0v) is 9.56. The Morgan fingerprint density at radius 1 is 1.47 bits per heavy atom. The molecular formula is C11H20N4. The van der Waals surface area contributed by atoms with E-state index in [-0.39, 0.29) is 0 Å². The van der Waals surface area contributed by atoms with Crippen LogP contribution in [0.3, 0.4) is 0 Å². The van der Waals surface area contributed by atoms with Crippen LogP contribution in [0.5, 0.6) is 0 Å². The van der Waals surface area contributed by atoms with Crippen molar-refractivity contribution in [3.8, 4) is 0 Å². The minimum Gasteiger partial charge on any atom is -0.341 e. The molecule has 0 aliphatic heterocycles. The van der Waals surface area contributed by atoms with Crippen molar-refractivity contribution in [1.29, 1.82) is 0 Å². The van der Waals surface area contributed by atoms with E-state index in [2.05, 4.69) is 16.9 Å². The monoisotopic (exact) mass is 208 g/mol. The summed E-state index contributed by atoms with van der Waals surface area (Å²) < 4.78 is 2.04. The maximum absolute atomic E-state index is 6.16. The topological polar surface area (TPSA) is 47.1 Å². The molecular weight excluding hydrogens is 188 g/mol. The Morgan fingerprint density at radius 3 is 2.80 bits per heavy atom. The molecule has 4 heteroatoms. The summed E-state index contributed by atoms with van der Waals surface area (Å²) in [5.41, 5.74) is 6.16. The lowest BCUT2D eigenvalue weighted by atomic mass is 9.90. The summed E-state index contributed by atoms with van der Waals surface area (Å²) in [5.74, 6) is 1.01. The van der Waals surface area contributed by atoms with Crippen LogP contribution in [0.2, 0.25) is 0 Å². The van der Waals surface area contributed by atoms with Gasteiger partial charge in [0.15, 0.2) is 0 Å². The lowest BCUT2D eigenvalue weighted by molar-refractivity contribution is 0.369. The number of anilines is 1. The highest BCUT2D eigenvalue weighted by molar-refractivity contribution is 5.32. The number of aryl methyl sites for hydroxylation is 1. The minimum atomic E-state index is 0.292. The first kappa shape index (κ1) is 10.5. The van der Waals surface area contributed by atoms with Crippen molar-refractivity contribution >= 4 is 5.95 Å². The van der Waals surface area contributed by atoms with E-state index in [4.69, 9.17) is 5.73 Å². The van der Waals surface area contributed by atoms with Crippen LogP contribution in [0, 0.1) is 0 Å². The molecule has 1 aliphatic carbocycles. The number of nitrogens with zero attached hydrogens (tertiary/aromatic N) is 3. The molecule has 2 unspecified atom stereocenters. The molecule has 2 N–H and O–H groups in total. The van der Waals surface area contributed by atoms with Gasteiger partial charge in [-0.25, -0.2) is 4.98 Å². The Morgan fingerprint density at radius 2 is 2.20 bits per heavy atom. The first-order valence-electron chi connectivity index (χ1n) is 5.66. The number of hydrogen-bond donors (Lipinski definition) is 1. The predicted molar refractivity (Wildman–Crippen MR) is 61.8 cm³/mol. The van der Waals surface area contributed by atoms with Gasteiger partial charge < -0.3 is 15.2 Å². The largest absolute Gasteiger partial charge is 0.341 e. The smallest absolute Gasteiger partial charge is 0.205 e. The van der Waals surface area contributed by atoms with Crippen molar-refractivity contribution in [1.82, 2.24) is 9.55 Å². The lowest BCUT2D eigenvalue weighted by Crippen LogP contribution is -2.48. The number of likely N-dealkylation sites (N-methyl/N-ethyl adjacent to an activating group) is 1. The van der Waals surface area contributed by atoms with Gasteiger partial charge in [-0.3, -0.25) is 0 Å². The van der Waals surface area contributed by atoms with Gasteiger partial charge in [-0.05, 0) is 12.8 Å². The van der Waals surface area contributed by atoms with E-state index < -0.39 is 0 Å². The summed E-state index contributed by atoms with van der Waals surface area (Å²) in [6.45, 7) is 0. The maximum Gasteiger partial charge on any atom is 0.205 e. The van der Waals surface area contributed by atoms with Gasteiger partial charge in [0, 0.05) is 38.6 Å². The molecule has 2 atom stereocenters. The number of aromatic nitrogens is 2. The van der Waals surface area contributed by atoms with Crippen LogP contribution in [0.15, 0.2) is 12.4 Å². The molecule has 1 aliphatic rings. The fraction of sp³-hybridized carbons (Fsp3) is 0.727. The Hall–Kier alpha value is -1.03. The number of rotatable bonds is 2. The summed E-state index contributed by atoms with van der Waals surface area (Å²) in [7, 11) is 4.12.